The molecule has 1 fully saturated rings. The number of aryl methyl sites for hydroxylation is 1. The summed E-state index contributed by atoms with van der Waals surface area (Å²) in [7, 11) is 0. The summed E-state index contributed by atoms with van der Waals surface area (Å²) in [6.07, 6.45) is 1.02. The minimum atomic E-state index is -4.58. The molecule has 0 aliphatic heterocycles. The number of carboxylic acid groups (broad SMARTS) is 1. The minimum Gasteiger partial charge on any atom is -0.481 e. The zero-order valence-corrected chi connectivity index (χ0v) is 17.7. The van der Waals surface area contributed by atoms with E-state index in [-0.39, 0.29) is 5.95 Å². The van der Waals surface area contributed by atoms with Crippen molar-refractivity contribution < 1.29 is 28.2 Å². The van der Waals surface area contributed by atoms with E-state index in [2.05, 4.69) is 20.3 Å². The Morgan fingerprint density at radius 2 is 1.94 bits per heavy atom. The summed E-state index contributed by atoms with van der Waals surface area (Å²) < 4.78 is 40.5. The van der Waals surface area contributed by atoms with E-state index >= 15 is 0 Å². The molecule has 0 spiro atoms. The standard InChI is InChI=1S/C22H22F3N5O3/c1-13-8-15(28-20-26-7-4-17(29-20)22(23,24)25)10-16(9-13)30-11-18(27-12-30)21(33)5-2-14(3-6-21)19(31)32/h4,7-12,14,33H,2-3,5-6H2,1H3,(H,31,32)(H,26,28,29). The number of anilines is 2. The van der Waals surface area contributed by atoms with Crippen LogP contribution >= 0.6 is 0 Å². The molecule has 1 aliphatic carbocycles. The van der Waals surface area contributed by atoms with E-state index in [4.69, 9.17) is 0 Å². The van der Waals surface area contributed by atoms with Gasteiger partial charge in [0, 0.05) is 23.8 Å². The molecule has 33 heavy (non-hydrogen) atoms. The number of nitrogens with one attached hydrogen (secondary N) is 1. The second-order valence-electron chi connectivity index (χ2n) is 8.26. The summed E-state index contributed by atoms with van der Waals surface area (Å²) >= 11 is 0. The molecule has 2 aromatic heterocycles. The number of carboxylic acids is 1. The van der Waals surface area contributed by atoms with Gasteiger partial charge in [-0.1, -0.05) is 0 Å². The van der Waals surface area contributed by atoms with Gasteiger partial charge in [0.1, 0.15) is 11.3 Å². The molecule has 1 saturated carbocycles. The number of rotatable bonds is 5. The van der Waals surface area contributed by atoms with Gasteiger partial charge in [0.2, 0.25) is 5.95 Å². The third-order valence-electron chi connectivity index (χ3n) is 5.78. The Labute approximate surface area is 187 Å². The van der Waals surface area contributed by atoms with E-state index in [1.54, 1.807) is 22.9 Å². The molecule has 1 aliphatic rings. The number of carbonyl (C=O) groups is 1. The lowest BCUT2D eigenvalue weighted by molar-refractivity contribution is -0.145. The summed E-state index contributed by atoms with van der Waals surface area (Å²) in [6, 6.07) is 6.10. The van der Waals surface area contributed by atoms with E-state index < -0.39 is 29.4 Å². The van der Waals surface area contributed by atoms with E-state index in [9.17, 15) is 28.2 Å². The van der Waals surface area contributed by atoms with Crippen molar-refractivity contribution >= 4 is 17.6 Å². The number of benzene rings is 1. The van der Waals surface area contributed by atoms with Gasteiger partial charge in [0.05, 0.1) is 17.9 Å². The van der Waals surface area contributed by atoms with Gasteiger partial charge in [-0.3, -0.25) is 4.79 Å². The van der Waals surface area contributed by atoms with Crippen LogP contribution < -0.4 is 5.32 Å². The molecule has 0 bridgehead atoms. The Hall–Kier alpha value is -3.47. The van der Waals surface area contributed by atoms with Gasteiger partial charge in [-0.05, 0) is 62.4 Å². The van der Waals surface area contributed by atoms with Gasteiger partial charge in [-0.2, -0.15) is 13.2 Å². The maximum Gasteiger partial charge on any atom is 0.433 e. The number of nitrogens with zero attached hydrogens (tertiary/aromatic N) is 4. The molecular weight excluding hydrogens is 439 g/mol. The third-order valence-corrected chi connectivity index (χ3v) is 5.78. The SMILES string of the molecule is Cc1cc(Nc2nccc(C(F)(F)F)n2)cc(-n2cnc(C3(O)CCC(C(=O)O)CC3)c2)c1. The van der Waals surface area contributed by atoms with Crippen LogP contribution in [0.5, 0.6) is 0 Å². The molecule has 1 aromatic carbocycles. The lowest BCUT2D eigenvalue weighted by Crippen LogP contribution is -2.34. The first kappa shape index (κ1) is 22.7. The fraction of sp³-hybridized carbons (Fsp3) is 0.364. The zero-order valence-electron chi connectivity index (χ0n) is 17.7. The molecule has 4 rings (SSSR count). The van der Waals surface area contributed by atoms with E-state index in [1.165, 1.54) is 6.33 Å². The van der Waals surface area contributed by atoms with Crippen LogP contribution in [0.4, 0.5) is 24.8 Å². The second-order valence-corrected chi connectivity index (χ2v) is 8.26. The lowest BCUT2D eigenvalue weighted by atomic mass is 9.77. The number of alkyl halides is 3. The van der Waals surface area contributed by atoms with Gasteiger partial charge in [0.25, 0.3) is 0 Å². The number of aliphatic carboxylic acids is 1. The molecule has 2 heterocycles. The number of aromatic nitrogens is 4. The Bertz CT molecular complexity index is 1170. The summed E-state index contributed by atoms with van der Waals surface area (Å²) in [5.74, 6) is -1.50. The van der Waals surface area contributed by atoms with Crippen LogP contribution in [0, 0.1) is 12.8 Å². The third kappa shape index (κ3) is 4.98. The topological polar surface area (TPSA) is 113 Å². The molecule has 0 atom stereocenters. The first-order valence-electron chi connectivity index (χ1n) is 10.3. The van der Waals surface area contributed by atoms with Gasteiger partial charge < -0.3 is 20.1 Å². The average Bonchev–Trinajstić information content (AvgIpc) is 3.25. The fourth-order valence-electron chi connectivity index (χ4n) is 3.99. The van der Waals surface area contributed by atoms with Crippen molar-refractivity contribution in [2.75, 3.05) is 5.32 Å². The van der Waals surface area contributed by atoms with Crippen LogP contribution in [0.3, 0.4) is 0 Å². The molecule has 0 amide bonds. The van der Waals surface area contributed by atoms with E-state index in [0.717, 1.165) is 17.8 Å². The van der Waals surface area contributed by atoms with E-state index in [1.807, 2.05) is 13.0 Å². The monoisotopic (exact) mass is 461 g/mol. The highest BCUT2D eigenvalue weighted by atomic mass is 19.4. The molecule has 8 nitrogen and oxygen atoms in total. The Morgan fingerprint density at radius 3 is 2.61 bits per heavy atom. The molecule has 0 saturated heterocycles. The van der Waals surface area contributed by atoms with Crippen molar-refractivity contribution in [1.82, 2.24) is 19.5 Å². The van der Waals surface area contributed by atoms with Crippen molar-refractivity contribution in [2.24, 2.45) is 5.92 Å². The van der Waals surface area contributed by atoms with Crippen LogP contribution in [-0.4, -0.2) is 35.7 Å². The van der Waals surface area contributed by atoms with Crippen LogP contribution in [0.25, 0.3) is 5.69 Å². The van der Waals surface area contributed by atoms with Crippen LogP contribution in [-0.2, 0) is 16.6 Å². The molecule has 0 unspecified atom stereocenters. The summed E-state index contributed by atoms with van der Waals surface area (Å²) in [5.41, 5.74) is 0.194. The van der Waals surface area contributed by atoms with Gasteiger partial charge in [-0.25, -0.2) is 15.0 Å². The smallest absolute Gasteiger partial charge is 0.433 e. The Morgan fingerprint density at radius 1 is 1.21 bits per heavy atom. The molecule has 174 valence electrons. The summed E-state index contributed by atoms with van der Waals surface area (Å²) in [4.78, 5) is 22.9. The first-order chi connectivity index (χ1) is 15.5. The predicted octanol–water partition coefficient (Wildman–Crippen LogP) is 4.20. The van der Waals surface area contributed by atoms with Crippen LogP contribution in [0.2, 0.25) is 0 Å². The van der Waals surface area contributed by atoms with Gasteiger partial charge in [-0.15, -0.1) is 0 Å². The number of hydrogen-bond donors (Lipinski definition) is 3. The predicted molar refractivity (Wildman–Crippen MR) is 112 cm³/mol. The first-order valence-corrected chi connectivity index (χ1v) is 10.3. The highest BCUT2D eigenvalue weighted by Crippen LogP contribution is 2.39. The summed E-state index contributed by atoms with van der Waals surface area (Å²) in [5, 5.41) is 23.0. The van der Waals surface area contributed by atoms with Crippen LogP contribution in [0.1, 0.15) is 42.6 Å². The summed E-state index contributed by atoms with van der Waals surface area (Å²) in [6.45, 7) is 1.83. The number of imidazole rings is 1. The normalized spacial score (nSPS) is 21.1. The van der Waals surface area contributed by atoms with Crippen molar-refractivity contribution in [3.8, 4) is 5.69 Å². The van der Waals surface area contributed by atoms with Gasteiger partial charge in [0.15, 0.2) is 0 Å². The maximum atomic E-state index is 12.9. The maximum absolute atomic E-state index is 12.9. The number of hydrogen-bond acceptors (Lipinski definition) is 6. The molecule has 11 heteroatoms. The van der Waals surface area contributed by atoms with Crippen molar-refractivity contribution in [3.05, 3.63) is 59.9 Å². The molecule has 3 N–H and O–H groups in total. The average molecular weight is 461 g/mol. The quantitative estimate of drug-likeness (QED) is 0.522. The highest BCUT2D eigenvalue weighted by Gasteiger charge is 2.38. The molecule has 3 aromatic rings. The highest BCUT2D eigenvalue weighted by molar-refractivity contribution is 5.70. The number of aliphatic hydroxyl groups is 1. The second kappa shape index (κ2) is 8.47. The van der Waals surface area contributed by atoms with Crippen molar-refractivity contribution in [1.29, 1.82) is 0 Å². The Kier molecular flexibility index (Phi) is 5.83. The van der Waals surface area contributed by atoms with Gasteiger partial charge >= 0.3 is 12.1 Å². The van der Waals surface area contributed by atoms with E-state index in [0.29, 0.717) is 42.8 Å². The molecular formula is C22H22F3N5O3. The number of halogens is 3. The minimum absolute atomic E-state index is 0.183. The lowest BCUT2D eigenvalue weighted by Gasteiger charge is -2.33. The van der Waals surface area contributed by atoms with Crippen molar-refractivity contribution in [2.45, 2.75) is 44.4 Å². The largest absolute Gasteiger partial charge is 0.481 e. The molecule has 0 radical (unpaired) electrons. The Balaban J connectivity index is 1.56. The van der Waals surface area contributed by atoms with Crippen molar-refractivity contribution in [3.63, 3.8) is 0 Å². The zero-order chi connectivity index (χ0) is 23.8. The fourth-order valence-corrected chi connectivity index (χ4v) is 3.99. The van der Waals surface area contributed by atoms with Crippen LogP contribution in [0.15, 0.2) is 43.0 Å².